The molecule has 1 aromatic heterocycles. The van der Waals surface area contributed by atoms with Gasteiger partial charge in [-0.2, -0.15) is 4.31 Å². The van der Waals surface area contributed by atoms with Crippen LogP contribution in [0.5, 0.6) is 0 Å². The van der Waals surface area contributed by atoms with Crippen molar-refractivity contribution >= 4 is 15.8 Å². The zero-order valence-electron chi connectivity index (χ0n) is 11.2. The van der Waals surface area contributed by atoms with Crippen LogP contribution in [0.1, 0.15) is 13.3 Å². The molecular weight excluding hydrogens is 266 g/mol. The first-order valence-electron chi connectivity index (χ1n) is 6.31. The molecule has 7 heteroatoms. The monoisotopic (exact) mass is 285 g/mol. The first-order valence-corrected chi connectivity index (χ1v) is 7.75. The van der Waals surface area contributed by atoms with Gasteiger partial charge in [-0.05, 0) is 25.5 Å². The summed E-state index contributed by atoms with van der Waals surface area (Å²) < 4.78 is 31.8. The van der Waals surface area contributed by atoms with E-state index in [9.17, 15) is 8.42 Å². The highest BCUT2D eigenvalue weighted by Gasteiger charge is 2.34. The van der Waals surface area contributed by atoms with E-state index in [4.69, 9.17) is 4.74 Å². The number of nitrogens with zero attached hydrogens (tertiary/aromatic N) is 2. The Kier molecular flexibility index (Phi) is 4.38. The Morgan fingerprint density at radius 2 is 2.37 bits per heavy atom. The van der Waals surface area contributed by atoms with Gasteiger partial charge < -0.3 is 10.1 Å². The number of anilines is 1. The second kappa shape index (κ2) is 5.85. The molecule has 0 amide bonds. The topological polar surface area (TPSA) is 71.5 Å². The number of ether oxygens (including phenoxy) is 1. The maximum absolute atomic E-state index is 12.6. The van der Waals surface area contributed by atoms with Crippen LogP contribution in [-0.2, 0) is 14.8 Å². The van der Waals surface area contributed by atoms with Crippen LogP contribution < -0.4 is 5.32 Å². The third-order valence-corrected chi connectivity index (χ3v) is 5.07. The fraction of sp³-hybridized carbons (Fsp3) is 0.583. The standard InChI is InChI=1S/C12H19N3O3S/c1-3-13-12-11(5-4-7-14-12)19(16,17)15-8-6-10(9-15)18-2/h4-5,7,10H,3,6,8-9H2,1-2H3,(H,13,14). The average molecular weight is 285 g/mol. The molecule has 1 saturated heterocycles. The Morgan fingerprint density at radius 1 is 1.58 bits per heavy atom. The predicted octanol–water partition coefficient (Wildman–Crippen LogP) is 0.923. The predicted molar refractivity (Wildman–Crippen MR) is 72.6 cm³/mol. The molecule has 0 saturated carbocycles. The van der Waals surface area contributed by atoms with Crippen LogP contribution in [0.4, 0.5) is 5.82 Å². The Hall–Kier alpha value is -1.18. The van der Waals surface area contributed by atoms with Gasteiger partial charge in [-0.15, -0.1) is 0 Å². The second-order valence-electron chi connectivity index (χ2n) is 4.39. The first kappa shape index (κ1) is 14.2. The summed E-state index contributed by atoms with van der Waals surface area (Å²) in [5.74, 6) is 0.408. The lowest BCUT2D eigenvalue weighted by Gasteiger charge is -2.18. The molecule has 0 radical (unpaired) electrons. The van der Waals surface area contributed by atoms with Crippen molar-refractivity contribution < 1.29 is 13.2 Å². The molecule has 6 nitrogen and oxygen atoms in total. The number of methoxy groups -OCH3 is 1. The summed E-state index contributed by atoms with van der Waals surface area (Å²) in [7, 11) is -1.90. The molecule has 1 aromatic rings. The van der Waals surface area contributed by atoms with Gasteiger partial charge in [0.2, 0.25) is 10.0 Å². The van der Waals surface area contributed by atoms with E-state index >= 15 is 0 Å². The average Bonchev–Trinajstić information content (AvgIpc) is 2.89. The van der Waals surface area contributed by atoms with Gasteiger partial charge >= 0.3 is 0 Å². The van der Waals surface area contributed by atoms with E-state index in [2.05, 4.69) is 10.3 Å². The smallest absolute Gasteiger partial charge is 0.246 e. The van der Waals surface area contributed by atoms with Crippen molar-refractivity contribution in [3.8, 4) is 0 Å². The molecule has 0 aliphatic carbocycles. The van der Waals surface area contributed by atoms with E-state index in [0.717, 1.165) is 6.42 Å². The molecule has 19 heavy (non-hydrogen) atoms. The van der Waals surface area contributed by atoms with Crippen LogP contribution >= 0.6 is 0 Å². The van der Waals surface area contributed by atoms with Crippen molar-refractivity contribution in [2.75, 3.05) is 32.1 Å². The Bertz CT molecular complexity index is 533. The molecule has 1 unspecified atom stereocenters. The summed E-state index contributed by atoms with van der Waals surface area (Å²) >= 11 is 0. The molecule has 2 rings (SSSR count). The molecule has 1 aliphatic heterocycles. The highest BCUT2D eigenvalue weighted by molar-refractivity contribution is 7.89. The largest absolute Gasteiger partial charge is 0.380 e. The van der Waals surface area contributed by atoms with Gasteiger partial charge in [0.25, 0.3) is 0 Å². The molecular formula is C12H19N3O3S. The van der Waals surface area contributed by atoms with E-state index < -0.39 is 10.0 Å². The molecule has 106 valence electrons. The Labute approximate surface area is 113 Å². The SMILES string of the molecule is CCNc1ncccc1S(=O)(=O)N1CCC(OC)C1. The van der Waals surface area contributed by atoms with Gasteiger partial charge in [-0.1, -0.05) is 0 Å². The minimum atomic E-state index is -3.51. The molecule has 2 heterocycles. The number of pyridine rings is 1. The van der Waals surface area contributed by atoms with E-state index in [1.165, 1.54) is 4.31 Å². The zero-order chi connectivity index (χ0) is 13.9. The summed E-state index contributed by atoms with van der Waals surface area (Å²) in [6.45, 7) is 3.42. The van der Waals surface area contributed by atoms with Gasteiger partial charge in [0.15, 0.2) is 0 Å². The third kappa shape index (κ3) is 2.88. The molecule has 1 fully saturated rings. The van der Waals surface area contributed by atoms with Crippen molar-refractivity contribution in [3.63, 3.8) is 0 Å². The lowest BCUT2D eigenvalue weighted by atomic mass is 10.3. The fourth-order valence-electron chi connectivity index (χ4n) is 2.15. The van der Waals surface area contributed by atoms with Crippen LogP contribution in [-0.4, -0.2) is 50.6 Å². The molecule has 0 spiro atoms. The van der Waals surface area contributed by atoms with Gasteiger partial charge in [-0.3, -0.25) is 0 Å². The quantitative estimate of drug-likeness (QED) is 0.871. The summed E-state index contributed by atoms with van der Waals surface area (Å²) in [4.78, 5) is 4.33. The van der Waals surface area contributed by atoms with E-state index in [0.29, 0.717) is 25.5 Å². The zero-order valence-corrected chi connectivity index (χ0v) is 12.0. The molecule has 0 aromatic carbocycles. The number of rotatable bonds is 5. The van der Waals surface area contributed by atoms with Crippen LogP contribution in [0, 0.1) is 0 Å². The lowest BCUT2D eigenvalue weighted by molar-refractivity contribution is 0.115. The van der Waals surface area contributed by atoms with Crippen molar-refractivity contribution in [2.45, 2.75) is 24.3 Å². The van der Waals surface area contributed by atoms with Crippen molar-refractivity contribution in [1.82, 2.24) is 9.29 Å². The van der Waals surface area contributed by atoms with Crippen LogP contribution in [0.2, 0.25) is 0 Å². The Balaban J connectivity index is 2.30. The summed E-state index contributed by atoms with van der Waals surface area (Å²) in [6, 6.07) is 3.22. The van der Waals surface area contributed by atoms with E-state index in [1.807, 2.05) is 6.92 Å². The Morgan fingerprint density at radius 3 is 3.00 bits per heavy atom. The van der Waals surface area contributed by atoms with Gasteiger partial charge in [0.05, 0.1) is 6.10 Å². The minimum Gasteiger partial charge on any atom is -0.380 e. The van der Waals surface area contributed by atoms with Gasteiger partial charge in [0, 0.05) is 32.9 Å². The van der Waals surface area contributed by atoms with Crippen molar-refractivity contribution in [3.05, 3.63) is 18.3 Å². The number of aromatic nitrogens is 1. The summed E-state index contributed by atoms with van der Waals surface area (Å²) in [5, 5.41) is 2.98. The third-order valence-electron chi connectivity index (χ3n) is 3.17. The lowest BCUT2D eigenvalue weighted by Crippen LogP contribution is -2.30. The number of sulfonamides is 1. The van der Waals surface area contributed by atoms with Crippen molar-refractivity contribution in [1.29, 1.82) is 0 Å². The van der Waals surface area contributed by atoms with Crippen LogP contribution in [0.25, 0.3) is 0 Å². The van der Waals surface area contributed by atoms with Crippen LogP contribution in [0.3, 0.4) is 0 Å². The van der Waals surface area contributed by atoms with Gasteiger partial charge in [0.1, 0.15) is 10.7 Å². The maximum Gasteiger partial charge on any atom is 0.246 e. The molecule has 1 atom stereocenters. The molecule has 0 bridgehead atoms. The molecule has 1 N–H and O–H groups in total. The number of nitrogens with one attached hydrogen (secondary N) is 1. The highest BCUT2D eigenvalue weighted by atomic mass is 32.2. The highest BCUT2D eigenvalue weighted by Crippen LogP contribution is 2.26. The molecule has 1 aliphatic rings. The summed E-state index contributed by atoms with van der Waals surface area (Å²) in [5.41, 5.74) is 0. The normalized spacial score (nSPS) is 20.6. The second-order valence-corrected chi connectivity index (χ2v) is 6.30. The first-order chi connectivity index (χ1) is 9.09. The fourth-order valence-corrected chi connectivity index (χ4v) is 3.75. The number of hydrogen-bond acceptors (Lipinski definition) is 5. The van der Waals surface area contributed by atoms with Gasteiger partial charge in [-0.25, -0.2) is 13.4 Å². The maximum atomic E-state index is 12.6. The number of hydrogen-bond donors (Lipinski definition) is 1. The van der Waals surface area contributed by atoms with E-state index in [1.54, 1.807) is 25.4 Å². The van der Waals surface area contributed by atoms with Crippen molar-refractivity contribution in [2.24, 2.45) is 0 Å². The minimum absolute atomic E-state index is 0.0194. The summed E-state index contributed by atoms with van der Waals surface area (Å²) in [6.07, 6.45) is 2.29. The van der Waals surface area contributed by atoms with E-state index in [-0.39, 0.29) is 11.0 Å². The van der Waals surface area contributed by atoms with Crippen LogP contribution in [0.15, 0.2) is 23.2 Å².